The highest BCUT2D eigenvalue weighted by Crippen LogP contribution is 2.22. The van der Waals surface area contributed by atoms with Crippen LogP contribution in [0.3, 0.4) is 0 Å². The van der Waals surface area contributed by atoms with Gasteiger partial charge in [0.05, 0.1) is 13.2 Å². The molecule has 0 saturated carbocycles. The minimum atomic E-state index is 0.650. The summed E-state index contributed by atoms with van der Waals surface area (Å²) in [6.07, 6.45) is 0.856. The summed E-state index contributed by atoms with van der Waals surface area (Å²) in [5.74, 6) is 1.80. The number of para-hydroxylation sites is 1. The molecule has 0 unspecified atom stereocenters. The van der Waals surface area contributed by atoms with E-state index >= 15 is 0 Å². The van der Waals surface area contributed by atoms with Crippen molar-refractivity contribution in [2.24, 2.45) is 0 Å². The third-order valence-electron chi connectivity index (χ3n) is 3.53. The smallest absolute Gasteiger partial charge is 0.119 e. The molecule has 23 heavy (non-hydrogen) atoms. The predicted octanol–water partition coefficient (Wildman–Crippen LogP) is 5.20. The second-order valence-electron chi connectivity index (χ2n) is 5.25. The van der Waals surface area contributed by atoms with E-state index in [0.29, 0.717) is 13.2 Å². The van der Waals surface area contributed by atoms with E-state index in [-0.39, 0.29) is 0 Å². The number of hydrogen-bond donors (Lipinski definition) is 0. The molecule has 0 saturated heterocycles. The van der Waals surface area contributed by atoms with Crippen LogP contribution in [0.4, 0.5) is 0 Å². The molecule has 116 valence electrons. The fourth-order valence-electron chi connectivity index (χ4n) is 2.33. The highest BCUT2D eigenvalue weighted by atomic mass is 16.5. The first-order valence-electron chi connectivity index (χ1n) is 7.88. The lowest BCUT2D eigenvalue weighted by Gasteiger charge is -2.09. The quantitative estimate of drug-likeness (QED) is 0.558. The number of ether oxygens (including phenoxy) is 2. The number of rotatable bonds is 7. The van der Waals surface area contributed by atoms with Crippen molar-refractivity contribution in [3.8, 4) is 22.6 Å². The predicted molar refractivity (Wildman–Crippen MR) is 93.9 cm³/mol. The van der Waals surface area contributed by atoms with Crippen molar-refractivity contribution in [2.75, 3.05) is 13.2 Å². The maximum absolute atomic E-state index is 5.75. The average molecular weight is 304 g/mol. The lowest BCUT2D eigenvalue weighted by Crippen LogP contribution is -2.04. The highest BCUT2D eigenvalue weighted by molar-refractivity contribution is 5.63. The van der Waals surface area contributed by atoms with Crippen LogP contribution in [-0.2, 0) is 0 Å². The van der Waals surface area contributed by atoms with Crippen molar-refractivity contribution in [1.82, 2.24) is 0 Å². The molecular formula is C21H20O2. The van der Waals surface area contributed by atoms with Crippen molar-refractivity contribution < 1.29 is 9.47 Å². The monoisotopic (exact) mass is 304 g/mol. The molecule has 0 N–H and O–H groups in total. The normalized spacial score (nSPS) is 10.3. The molecule has 0 aliphatic carbocycles. The van der Waals surface area contributed by atoms with E-state index < -0.39 is 0 Å². The van der Waals surface area contributed by atoms with Crippen molar-refractivity contribution in [3.05, 3.63) is 84.9 Å². The molecule has 0 heterocycles. The van der Waals surface area contributed by atoms with Crippen molar-refractivity contribution in [1.29, 1.82) is 0 Å². The molecule has 0 spiro atoms. The molecule has 2 nitrogen and oxygen atoms in total. The summed E-state index contributed by atoms with van der Waals surface area (Å²) in [5, 5.41) is 0. The van der Waals surface area contributed by atoms with Crippen LogP contribution in [0.5, 0.6) is 11.5 Å². The Hall–Kier alpha value is -2.74. The topological polar surface area (TPSA) is 18.5 Å². The molecule has 2 heteroatoms. The summed E-state index contributed by atoms with van der Waals surface area (Å²) in [6.45, 7) is 1.31. The molecule has 0 aromatic heterocycles. The molecular weight excluding hydrogens is 284 g/mol. The second kappa shape index (κ2) is 8.04. The van der Waals surface area contributed by atoms with E-state index in [9.17, 15) is 0 Å². The van der Waals surface area contributed by atoms with E-state index in [0.717, 1.165) is 17.9 Å². The van der Waals surface area contributed by atoms with Gasteiger partial charge in [0.1, 0.15) is 11.5 Å². The van der Waals surface area contributed by atoms with E-state index in [4.69, 9.17) is 9.47 Å². The van der Waals surface area contributed by atoms with Gasteiger partial charge in [-0.3, -0.25) is 0 Å². The first-order valence-corrected chi connectivity index (χ1v) is 7.88. The Morgan fingerprint density at radius 1 is 0.478 bits per heavy atom. The van der Waals surface area contributed by atoms with Crippen molar-refractivity contribution in [3.63, 3.8) is 0 Å². The summed E-state index contributed by atoms with van der Waals surface area (Å²) in [4.78, 5) is 0. The maximum Gasteiger partial charge on any atom is 0.119 e. The van der Waals surface area contributed by atoms with Crippen LogP contribution in [0.25, 0.3) is 11.1 Å². The summed E-state index contributed by atoms with van der Waals surface area (Å²) in [5.41, 5.74) is 2.42. The lowest BCUT2D eigenvalue weighted by atomic mass is 10.1. The third kappa shape index (κ3) is 4.62. The fourth-order valence-corrected chi connectivity index (χ4v) is 2.33. The van der Waals surface area contributed by atoms with Gasteiger partial charge in [0, 0.05) is 6.42 Å². The Morgan fingerprint density at radius 2 is 0.957 bits per heavy atom. The molecule has 0 aliphatic heterocycles. The van der Waals surface area contributed by atoms with Gasteiger partial charge >= 0.3 is 0 Å². The molecule has 0 radical (unpaired) electrons. The second-order valence-corrected chi connectivity index (χ2v) is 5.25. The zero-order valence-electron chi connectivity index (χ0n) is 13.0. The first kappa shape index (κ1) is 15.2. The van der Waals surface area contributed by atoms with Gasteiger partial charge in [-0.1, -0.05) is 60.7 Å². The van der Waals surface area contributed by atoms with Gasteiger partial charge in [-0.2, -0.15) is 0 Å². The minimum absolute atomic E-state index is 0.650. The Labute approximate surface area is 137 Å². The van der Waals surface area contributed by atoms with Crippen LogP contribution in [-0.4, -0.2) is 13.2 Å². The van der Waals surface area contributed by atoms with Crippen LogP contribution >= 0.6 is 0 Å². The van der Waals surface area contributed by atoms with E-state index in [1.54, 1.807) is 0 Å². The number of hydrogen-bond acceptors (Lipinski definition) is 2. The van der Waals surface area contributed by atoms with Crippen LogP contribution in [0, 0.1) is 0 Å². The minimum Gasteiger partial charge on any atom is -0.493 e. The molecule has 3 aromatic carbocycles. The van der Waals surface area contributed by atoms with E-state index in [2.05, 4.69) is 24.3 Å². The molecule has 0 fully saturated rings. The molecule has 0 bridgehead atoms. The standard InChI is InChI=1S/C21H20O2/c1-3-8-18(9-4-1)19-12-14-21(15-13-19)23-17-7-16-22-20-10-5-2-6-11-20/h1-6,8-15H,7,16-17H2. The molecule has 0 amide bonds. The summed E-state index contributed by atoms with van der Waals surface area (Å²) in [6, 6.07) is 28.4. The summed E-state index contributed by atoms with van der Waals surface area (Å²) < 4.78 is 11.4. The Kier molecular flexibility index (Phi) is 5.30. The molecule has 3 aromatic rings. The lowest BCUT2D eigenvalue weighted by molar-refractivity contribution is 0.247. The van der Waals surface area contributed by atoms with Crippen molar-refractivity contribution in [2.45, 2.75) is 6.42 Å². The maximum atomic E-state index is 5.75. The largest absolute Gasteiger partial charge is 0.493 e. The highest BCUT2D eigenvalue weighted by Gasteiger charge is 1.98. The van der Waals surface area contributed by atoms with Crippen LogP contribution in [0.2, 0.25) is 0 Å². The van der Waals surface area contributed by atoms with Crippen LogP contribution in [0.1, 0.15) is 6.42 Å². The third-order valence-corrected chi connectivity index (χ3v) is 3.53. The van der Waals surface area contributed by atoms with Gasteiger partial charge in [0.2, 0.25) is 0 Å². The van der Waals surface area contributed by atoms with Gasteiger partial charge in [-0.25, -0.2) is 0 Å². The Morgan fingerprint density at radius 3 is 1.57 bits per heavy atom. The molecule has 0 atom stereocenters. The zero-order chi connectivity index (χ0) is 15.7. The summed E-state index contributed by atoms with van der Waals surface area (Å²) in [7, 11) is 0. The average Bonchev–Trinajstić information content (AvgIpc) is 2.64. The van der Waals surface area contributed by atoms with Gasteiger partial charge < -0.3 is 9.47 Å². The SMILES string of the molecule is c1ccc(OCCCOc2ccc(-c3ccccc3)cc2)cc1. The zero-order valence-corrected chi connectivity index (χ0v) is 13.0. The van der Waals surface area contributed by atoms with E-state index in [1.807, 2.05) is 60.7 Å². The van der Waals surface area contributed by atoms with E-state index in [1.165, 1.54) is 11.1 Å². The Bertz CT molecular complexity index is 691. The first-order chi connectivity index (χ1) is 11.4. The van der Waals surface area contributed by atoms with Gasteiger partial charge in [0.25, 0.3) is 0 Å². The van der Waals surface area contributed by atoms with Crippen molar-refractivity contribution >= 4 is 0 Å². The number of benzene rings is 3. The molecule has 0 aliphatic rings. The molecule has 3 rings (SSSR count). The van der Waals surface area contributed by atoms with Gasteiger partial charge in [-0.05, 0) is 35.4 Å². The van der Waals surface area contributed by atoms with Crippen LogP contribution < -0.4 is 9.47 Å². The summed E-state index contributed by atoms with van der Waals surface area (Å²) >= 11 is 0. The fraction of sp³-hybridized carbons (Fsp3) is 0.143. The van der Waals surface area contributed by atoms with Gasteiger partial charge in [0.15, 0.2) is 0 Å². The van der Waals surface area contributed by atoms with Gasteiger partial charge in [-0.15, -0.1) is 0 Å². The Balaban J connectivity index is 1.42. The van der Waals surface area contributed by atoms with Crippen LogP contribution in [0.15, 0.2) is 84.9 Å².